The molecule has 0 spiro atoms. The van der Waals surface area contributed by atoms with Crippen LogP contribution in [-0.2, 0) is 11.2 Å². The summed E-state index contributed by atoms with van der Waals surface area (Å²) in [5.41, 5.74) is -0.0836. The molecule has 7 heteroatoms. The highest BCUT2D eigenvalue weighted by molar-refractivity contribution is 5.90. The summed E-state index contributed by atoms with van der Waals surface area (Å²) in [6.07, 6.45) is 2.08. The largest absolute Gasteiger partial charge is 0.481 e. The molecule has 0 saturated carbocycles. The van der Waals surface area contributed by atoms with Crippen LogP contribution in [0.15, 0.2) is 0 Å². The number of carbonyl (C=O) groups excluding carboxylic acids is 1. The maximum atomic E-state index is 12.1. The van der Waals surface area contributed by atoms with Crippen molar-refractivity contribution in [3.8, 4) is 0 Å². The molecule has 1 aromatic heterocycles. The molecule has 0 bridgehead atoms. The van der Waals surface area contributed by atoms with Gasteiger partial charge in [0.2, 0.25) is 5.82 Å². The normalized spacial score (nSPS) is 13.0. The van der Waals surface area contributed by atoms with E-state index in [1.165, 1.54) is 0 Å². The zero-order valence-electron chi connectivity index (χ0n) is 13.1. The number of carbonyl (C=O) groups is 2. The Balaban J connectivity index is 2.71. The number of aromatic amines is 1. The van der Waals surface area contributed by atoms with Gasteiger partial charge >= 0.3 is 5.97 Å². The highest BCUT2D eigenvalue weighted by Crippen LogP contribution is 2.22. The van der Waals surface area contributed by atoms with Crippen LogP contribution in [0.1, 0.15) is 63.4 Å². The lowest BCUT2D eigenvalue weighted by atomic mass is 9.87. The Morgan fingerprint density at radius 2 is 2.05 bits per heavy atom. The van der Waals surface area contributed by atoms with Gasteiger partial charge in [0, 0.05) is 12.5 Å². The Kier molecular flexibility index (Phi) is 5.87. The number of aromatic nitrogens is 3. The van der Waals surface area contributed by atoms with E-state index < -0.39 is 17.9 Å². The molecule has 0 aromatic carbocycles. The van der Waals surface area contributed by atoms with E-state index in [-0.39, 0.29) is 17.7 Å². The fourth-order valence-electron chi connectivity index (χ4n) is 2.12. The molecular weight excluding hydrogens is 272 g/mol. The van der Waals surface area contributed by atoms with Crippen LogP contribution >= 0.6 is 0 Å². The second-order valence-corrected chi connectivity index (χ2v) is 6.39. The van der Waals surface area contributed by atoms with Crippen molar-refractivity contribution in [2.75, 3.05) is 0 Å². The Labute approximate surface area is 124 Å². The maximum absolute atomic E-state index is 12.1. The molecular formula is C14H24N4O3. The minimum atomic E-state index is -0.939. The van der Waals surface area contributed by atoms with Gasteiger partial charge in [-0.2, -0.15) is 0 Å². The summed E-state index contributed by atoms with van der Waals surface area (Å²) in [6.45, 7) is 8.01. The van der Waals surface area contributed by atoms with Crippen molar-refractivity contribution in [3.63, 3.8) is 0 Å². The highest BCUT2D eigenvalue weighted by Gasteiger charge is 2.24. The molecule has 1 atom stereocenters. The summed E-state index contributed by atoms with van der Waals surface area (Å²) in [5, 5.41) is 18.2. The maximum Gasteiger partial charge on any atom is 0.305 e. The zero-order valence-corrected chi connectivity index (χ0v) is 13.1. The minimum Gasteiger partial charge on any atom is -0.481 e. The number of aliphatic carboxylic acids is 1. The Morgan fingerprint density at radius 1 is 1.38 bits per heavy atom. The standard InChI is InChI=1S/C14H24N4O3/c1-5-6-10-16-12(18-17-10)13(21)15-9(7-11(19)20)8-14(2,3)4/h9H,5-8H2,1-4H3,(H,15,21)(H,19,20)(H,16,17,18). The average molecular weight is 296 g/mol. The van der Waals surface area contributed by atoms with Gasteiger partial charge in [0.15, 0.2) is 0 Å². The van der Waals surface area contributed by atoms with Gasteiger partial charge in [0.05, 0.1) is 6.42 Å². The van der Waals surface area contributed by atoms with Gasteiger partial charge < -0.3 is 10.4 Å². The zero-order chi connectivity index (χ0) is 16.0. The van der Waals surface area contributed by atoms with Gasteiger partial charge in [-0.05, 0) is 18.3 Å². The SMILES string of the molecule is CCCc1nc(C(=O)NC(CC(=O)O)CC(C)(C)C)n[nH]1. The molecule has 0 aliphatic rings. The number of amides is 1. The molecule has 1 aromatic rings. The highest BCUT2D eigenvalue weighted by atomic mass is 16.4. The fourth-order valence-corrected chi connectivity index (χ4v) is 2.12. The number of H-pyrrole nitrogens is 1. The molecule has 21 heavy (non-hydrogen) atoms. The molecule has 1 amide bonds. The molecule has 1 unspecified atom stereocenters. The second-order valence-electron chi connectivity index (χ2n) is 6.39. The van der Waals surface area contributed by atoms with E-state index >= 15 is 0 Å². The van der Waals surface area contributed by atoms with Crippen molar-refractivity contribution >= 4 is 11.9 Å². The number of aryl methyl sites for hydroxylation is 1. The summed E-state index contributed by atoms with van der Waals surface area (Å²) < 4.78 is 0. The number of hydrogen-bond acceptors (Lipinski definition) is 4. The third-order valence-corrected chi connectivity index (χ3v) is 2.84. The Hall–Kier alpha value is -1.92. The van der Waals surface area contributed by atoms with Crippen LogP contribution in [0.5, 0.6) is 0 Å². The number of carboxylic acid groups (broad SMARTS) is 1. The summed E-state index contributed by atoms with van der Waals surface area (Å²) >= 11 is 0. The lowest BCUT2D eigenvalue weighted by molar-refractivity contribution is -0.137. The third kappa shape index (κ3) is 6.37. The van der Waals surface area contributed by atoms with Crippen LogP contribution in [-0.4, -0.2) is 38.2 Å². The number of nitrogens with zero attached hydrogens (tertiary/aromatic N) is 2. The molecule has 1 rings (SSSR count). The van der Waals surface area contributed by atoms with Gasteiger partial charge in [-0.1, -0.05) is 27.7 Å². The van der Waals surface area contributed by atoms with Gasteiger partial charge in [-0.3, -0.25) is 14.7 Å². The summed E-state index contributed by atoms with van der Waals surface area (Å²) in [5.74, 6) is -0.661. The number of rotatable bonds is 7. The van der Waals surface area contributed by atoms with E-state index in [0.717, 1.165) is 12.8 Å². The van der Waals surface area contributed by atoms with E-state index in [0.29, 0.717) is 12.2 Å². The molecule has 0 fully saturated rings. The van der Waals surface area contributed by atoms with E-state index in [2.05, 4.69) is 20.5 Å². The molecule has 0 aliphatic heterocycles. The molecule has 0 aliphatic carbocycles. The first-order valence-electron chi connectivity index (χ1n) is 7.15. The van der Waals surface area contributed by atoms with Crippen LogP contribution in [0, 0.1) is 5.41 Å². The van der Waals surface area contributed by atoms with Crippen molar-refractivity contribution in [3.05, 3.63) is 11.6 Å². The first-order valence-corrected chi connectivity index (χ1v) is 7.15. The lowest BCUT2D eigenvalue weighted by Gasteiger charge is -2.25. The summed E-state index contributed by atoms with van der Waals surface area (Å²) in [6, 6.07) is -0.442. The average Bonchev–Trinajstić information content (AvgIpc) is 2.74. The van der Waals surface area contributed by atoms with Crippen LogP contribution < -0.4 is 5.32 Å². The van der Waals surface area contributed by atoms with E-state index in [1.54, 1.807) is 0 Å². The van der Waals surface area contributed by atoms with Crippen molar-refractivity contribution < 1.29 is 14.7 Å². The quantitative estimate of drug-likeness (QED) is 0.710. The van der Waals surface area contributed by atoms with E-state index in [1.807, 2.05) is 27.7 Å². The Bertz CT molecular complexity index is 491. The van der Waals surface area contributed by atoms with Crippen molar-refractivity contribution in [1.82, 2.24) is 20.5 Å². The summed E-state index contributed by atoms with van der Waals surface area (Å²) in [4.78, 5) is 27.1. The van der Waals surface area contributed by atoms with Gasteiger partial charge in [0.1, 0.15) is 5.82 Å². The number of nitrogens with one attached hydrogen (secondary N) is 2. The topological polar surface area (TPSA) is 108 Å². The third-order valence-electron chi connectivity index (χ3n) is 2.84. The molecule has 0 radical (unpaired) electrons. The van der Waals surface area contributed by atoms with E-state index in [9.17, 15) is 9.59 Å². The predicted octanol–water partition coefficient (Wildman–Crippen LogP) is 1.77. The van der Waals surface area contributed by atoms with Gasteiger partial charge in [-0.25, -0.2) is 4.98 Å². The molecule has 7 nitrogen and oxygen atoms in total. The van der Waals surface area contributed by atoms with Crippen molar-refractivity contribution in [1.29, 1.82) is 0 Å². The van der Waals surface area contributed by atoms with Gasteiger partial charge in [0.25, 0.3) is 5.91 Å². The van der Waals surface area contributed by atoms with Gasteiger partial charge in [-0.15, -0.1) is 5.10 Å². The first-order chi connectivity index (χ1) is 9.71. The first kappa shape index (κ1) is 17.1. The van der Waals surface area contributed by atoms with Crippen LogP contribution in [0.2, 0.25) is 0 Å². The minimum absolute atomic E-state index is 0.0581. The molecule has 3 N–H and O–H groups in total. The van der Waals surface area contributed by atoms with Crippen molar-refractivity contribution in [2.24, 2.45) is 5.41 Å². The van der Waals surface area contributed by atoms with Crippen LogP contribution in [0.4, 0.5) is 0 Å². The van der Waals surface area contributed by atoms with Crippen LogP contribution in [0.3, 0.4) is 0 Å². The predicted molar refractivity (Wildman–Crippen MR) is 78.0 cm³/mol. The second kappa shape index (κ2) is 7.19. The summed E-state index contributed by atoms with van der Waals surface area (Å²) in [7, 11) is 0. The molecule has 118 valence electrons. The van der Waals surface area contributed by atoms with E-state index in [4.69, 9.17) is 5.11 Å². The van der Waals surface area contributed by atoms with Crippen LogP contribution in [0.25, 0.3) is 0 Å². The lowest BCUT2D eigenvalue weighted by Crippen LogP contribution is -2.39. The fraction of sp³-hybridized carbons (Fsp3) is 0.714. The smallest absolute Gasteiger partial charge is 0.305 e. The molecule has 1 heterocycles. The monoisotopic (exact) mass is 296 g/mol. The number of carboxylic acids is 1. The molecule has 0 saturated heterocycles. The number of hydrogen-bond donors (Lipinski definition) is 3. The Morgan fingerprint density at radius 3 is 2.57 bits per heavy atom. The van der Waals surface area contributed by atoms with Crippen molar-refractivity contribution in [2.45, 2.75) is 59.4 Å².